The standard InChI is InChI=1S/C9H14ClN3O/c1-7-3-4-9(13-12-7)11-8(5-10)6-14-2/h3-4,8H,5-6H2,1-2H3,(H,11,13). The number of ether oxygens (including phenoxy) is 1. The molecule has 0 spiro atoms. The highest BCUT2D eigenvalue weighted by Crippen LogP contribution is 2.04. The number of nitrogens with one attached hydrogen (secondary N) is 1. The van der Waals surface area contributed by atoms with Crippen LogP contribution in [0, 0.1) is 6.92 Å². The van der Waals surface area contributed by atoms with Crippen LogP contribution in [0.25, 0.3) is 0 Å². The molecule has 1 heterocycles. The predicted molar refractivity (Wildman–Crippen MR) is 56.8 cm³/mol. The largest absolute Gasteiger partial charge is 0.383 e. The maximum Gasteiger partial charge on any atom is 0.148 e. The number of methoxy groups -OCH3 is 1. The van der Waals surface area contributed by atoms with Crippen LogP contribution in [0.5, 0.6) is 0 Å². The Morgan fingerprint density at radius 1 is 1.50 bits per heavy atom. The molecule has 78 valence electrons. The van der Waals surface area contributed by atoms with Gasteiger partial charge in [0.05, 0.1) is 18.3 Å². The van der Waals surface area contributed by atoms with Gasteiger partial charge in [-0.25, -0.2) is 0 Å². The molecule has 0 bridgehead atoms. The molecule has 0 aliphatic rings. The molecule has 0 aromatic carbocycles. The highest BCUT2D eigenvalue weighted by Gasteiger charge is 2.06. The Morgan fingerprint density at radius 3 is 2.79 bits per heavy atom. The Hall–Kier alpha value is -0.870. The minimum absolute atomic E-state index is 0.0682. The molecule has 0 saturated carbocycles. The van der Waals surface area contributed by atoms with Gasteiger partial charge in [0.1, 0.15) is 5.82 Å². The van der Waals surface area contributed by atoms with Gasteiger partial charge >= 0.3 is 0 Å². The summed E-state index contributed by atoms with van der Waals surface area (Å²) in [5.41, 5.74) is 0.893. The Morgan fingerprint density at radius 2 is 2.29 bits per heavy atom. The highest BCUT2D eigenvalue weighted by molar-refractivity contribution is 6.18. The summed E-state index contributed by atoms with van der Waals surface area (Å²) in [6.07, 6.45) is 0. The Labute approximate surface area is 88.6 Å². The van der Waals surface area contributed by atoms with Crippen molar-refractivity contribution in [2.45, 2.75) is 13.0 Å². The van der Waals surface area contributed by atoms with Crippen LogP contribution in [-0.2, 0) is 4.74 Å². The first-order valence-corrected chi connectivity index (χ1v) is 4.91. The van der Waals surface area contributed by atoms with Crippen molar-refractivity contribution < 1.29 is 4.74 Å². The zero-order valence-corrected chi connectivity index (χ0v) is 9.08. The van der Waals surface area contributed by atoms with Crippen LogP contribution in [0.2, 0.25) is 0 Å². The summed E-state index contributed by atoms with van der Waals surface area (Å²) in [5.74, 6) is 1.20. The van der Waals surface area contributed by atoms with Crippen LogP contribution in [0.4, 0.5) is 5.82 Å². The van der Waals surface area contributed by atoms with E-state index in [1.165, 1.54) is 0 Å². The van der Waals surface area contributed by atoms with Gasteiger partial charge in [-0.3, -0.25) is 0 Å². The summed E-state index contributed by atoms with van der Waals surface area (Å²) < 4.78 is 5.00. The molecule has 0 radical (unpaired) electrons. The number of nitrogens with zero attached hydrogens (tertiary/aromatic N) is 2. The first-order valence-electron chi connectivity index (χ1n) is 4.38. The summed E-state index contributed by atoms with van der Waals surface area (Å²) in [7, 11) is 1.64. The molecular formula is C9H14ClN3O. The smallest absolute Gasteiger partial charge is 0.148 e. The van der Waals surface area contributed by atoms with Gasteiger partial charge in [0, 0.05) is 13.0 Å². The minimum Gasteiger partial charge on any atom is -0.383 e. The number of alkyl halides is 1. The molecule has 5 heteroatoms. The van der Waals surface area contributed by atoms with Gasteiger partial charge in [0.25, 0.3) is 0 Å². The molecule has 0 saturated heterocycles. The van der Waals surface area contributed by atoms with E-state index in [1.807, 2.05) is 19.1 Å². The second-order valence-electron chi connectivity index (χ2n) is 3.01. The van der Waals surface area contributed by atoms with Gasteiger partial charge in [-0.1, -0.05) is 0 Å². The van der Waals surface area contributed by atoms with E-state index in [1.54, 1.807) is 7.11 Å². The second kappa shape index (κ2) is 5.78. The molecule has 0 amide bonds. The first-order chi connectivity index (χ1) is 6.76. The molecule has 1 aromatic heterocycles. The van der Waals surface area contributed by atoms with Crippen molar-refractivity contribution in [1.82, 2.24) is 10.2 Å². The average molecular weight is 216 g/mol. The third kappa shape index (κ3) is 3.47. The summed E-state index contributed by atoms with van der Waals surface area (Å²) in [4.78, 5) is 0. The Balaban J connectivity index is 2.53. The molecule has 14 heavy (non-hydrogen) atoms. The lowest BCUT2D eigenvalue weighted by atomic mass is 10.3. The Kier molecular flexibility index (Phi) is 4.62. The second-order valence-corrected chi connectivity index (χ2v) is 3.32. The number of rotatable bonds is 5. The molecule has 1 atom stereocenters. The third-order valence-corrected chi connectivity index (χ3v) is 2.08. The number of hydrogen-bond donors (Lipinski definition) is 1. The molecule has 1 unspecified atom stereocenters. The van der Waals surface area contributed by atoms with E-state index in [-0.39, 0.29) is 6.04 Å². The van der Waals surface area contributed by atoms with E-state index in [0.717, 1.165) is 11.5 Å². The van der Waals surface area contributed by atoms with Crippen molar-refractivity contribution in [2.24, 2.45) is 0 Å². The summed E-state index contributed by atoms with van der Waals surface area (Å²) in [5, 5.41) is 11.0. The van der Waals surface area contributed by atoms with Crippen LogP contribution in [-0.4, -0.2) is 35.8 Å². The number of anilines is 1. The lowest BCUT2D eigenvalue weighted by Crippen LogP contribution is -2.27. The van der Waals surface area contributed by atoms with Crippen LogP contribution in [0.3, 0.4) is 0 Å². The van der Waals surface area contributed by atoms with Gasteiger partial charge in [0.2, 0.25) is 0 Å². The molecule has 0 aliphatic carbocycles. The van der Waals surface area contributed by atoms with Crippen molar-refractivity contribution in [1.29, 1.82) is 0 Å². The fraction of sp³-hybridized carbons (Fsp3) is 0.556. The van der Waals surface area contributed by atoms with Crippen molar-refractivity contribution in [3.63, 3.8) is 0 Å². The van der Waals surface area contributed by atoms with E-state index < -0.39 is 0 Å². The van der Waals surface area contributed by atoms with Gasteiger partial charge in [-0.15, -0.1) is 16.7 Å². The van der Waals surface area contributed by atoms with Crippen LogP contribution < -0.4 is 5.32 Å². The van der Waals surface area contributed by atoms with Crippen LogP contribution in [0.15, 0.2) is 12.1 Å². The lowest BCUT2D eigenvalue weighted by Gasteiger charge is -2.14. The summed E-state index contributed by atoms with van der Waals surface area (Å²) in [6.45, 7) is 2.45. The minimum atomic E-state index is 0.0682. The molecule has 0 aliphatic heterocycles. The van der Waals surface area contributed by atoms with Crippen molar-refractivity contribution >= 4 is 17.4 Å². The van der Waals surface area contributed by atoms with E-state index in [4.69, 9.17) is 16.3 Å². The number of halogens is 1. The van der Waals surface area contributed by atoms with Gasteiger partial charge in [-0.2, -0.15) is 5.10 Å². The topological polar surface area (TPSA) is 47.0 Å². The van der Waals surface area contributed by atoms with Crippen LogP contribution >= 0.6 is 11.6 Å². The van der Waals surface area contributed by atoms with Gasteiger partial charge < -0.3 is 10.1 Å². The van der Waals surface area contributed by atoms with E-state index in [2.05, 4.69) is 15.5 Å². The summed E-state index contributed by atoms with van der Waals surface area (Å²) in [6, 6.07) is 3.84. The number of hydrogen-bond acceptors (Lipinski definition) is 4. The fourth-order valence-electron chi connectivity index (χ4n) is 1.01. The zero-order valence-electron chi connectivity index (χ0n) is 8.33. The average Bonchev–Trinajstić information content (AvgIpc) is 2.20. The monoisotopic (exact) mass is 215 g/mol. The Bertz CT molecular complexity index is 265. The highest BCUT2D eigenvalue weighted by atomic mass is 35.5. The SMILES string of the molecule is COCC(CCl)Nc1ccc(C)nn1. The van der Waals surface area contributed by atoms with E-state index in [0.29, 0.717) is 12.5 Å². The quantitative estimate of drug-likeness (QED) is 0.756. The number of aromatic nitrogens is 2. The maximum absolute atomic E-state index is 5.74. The fourth-order valence-corrected chi connectivity index (χ4v) is 1.18. The van der Waals surface area contributed by atoms with Crippen LogP contribution in [0.1, 0.15) is 5.69 Å². The van der Waals surface area contributed by atoms with E-state index >= 15 is 0 Å². The zero-order chi connectivity index (χ0) is 10.4. The normalized spacial score (nSPS) is 12.5. The van der Waals surface area contributed by atoms with Crippen molar-refractivity contribution in [3.8, 4) is 0 Å². The molecular weight excluding hydrogens is 202 g/mol. The van der Waals surface area contributed by atoms with E-state index in [9.17, 15) is 0 Å². The molecule has 4 nitrogen and oxygen atoms in total. The maximum atomic E-state index is 5.74. The van der Waals surface area contributed by atoms with Crippen molar-refractivity contribution in [3.05, 3.63) is 17.8 Å². The lowest BCUT2D eigenvalue weighted by molar-refractivity contribution is 0.191. The molecule has 1 rings (SSSR count). The van der Waals surface area contributed by atoms with Gasteiger partial charge in [-0.05, 0) is 19.1 Å². The van der Waals surface area contributed by atoms with Crippen molar-refractivity contribution in [2.75, 3.05) is 24.9 Å². The molecule has 0 fully saturated rings. The predicted octanol–water partition coefficient (Wildman–Crippen LogP) is 1.45. The first kappa shape index (κ1) is 11.2. The van der Waals surface area contributed by atoms with Gasteiger partial charge in [0.15, 0.2) is 0 Å². The third-order valence-electron chi connectivity index (χ3n) is 1.70. The molecule has 1 aromatic rings. The number of aryl methyl sites for hydroxylation is 1. The molecule has 1 N–H and O–H groups in total. The summed E-state index contributed by atoms with van der Waals surface area (Å²) >= 11 is 5.74.